The van der Waals surface area contributed by atoms with E-state index in [2.05, 4.69) is 10.0 Å². The van der Waals surface area contributed by atoms with Crippen LogP contribution >= 0.6 is 0 Å². The quantitative estimate of drug-likeness (QED) is 0.680. The van der Waals surface area contributed by atoms with Gasteiger partial charge >= 0.3 is 6.09 Å². The number of rotatable bonds is 4. The fourth-order valence-electron chi connectivity index (χ4n) is 3.15. The summed E-state index contributed by atoms with van der Waals surface area (Å²) >= 11 is -1.07. The molecule has 0 spiro atoms. The molecule has 6 heteroatoms. The highest BCUT2D eigenvalue weighted by Crippen LogP contribution is 2.68. The van der Waals surface area contributed by atoms with Crippen LogP contribution in [0.4, 0.5) is 4.79 Å². The standard InChI is InChI=1S/C12H22N2O3S/c1-8(14-18(17)10(2,3)4)11-5-12(6-11,7-11)13-9(15)16/h8,13-14H,5-7H2,1-4H3,(H,15,16)/t8-,11?,12?,18-/m0/s1. The first-order valence-corrected chi connectivity index (χ1v) is 7.43. The Labute approximate surface area is 111 Å². The lowest BCUT2D eigenvalue weighted by Gasteiger charge is -2.72. The molecule has 1 amide bonds. The molecule has 0 aromatic carbocycles. The predicted molar refractivity (Wildman–Crippen MR) is 70.7 cm³/mol. The molecular weight excluding hydrogens is 252 g/mol. The third-order valence-corrected chi connectivity index (χ3v) is 5.88. The molecule has 3 aliphatic carbocycles. The molecule has 0 aromatic rings. The summed E-state index contributed by atoms with van der Waals surface area (Å²) < 4.78 is 14.9. The second-order valence-corrected chi connectivity index (χ2v) is 8.82. The molecule has 2 atom stereocenters. The van der Waals surface area contributed by atoms with Gasteiger partial charge in [-0.1, -0.05) is 0 Å². The summed E-state index contributed by atoms with van der Waals surface area (Å²) in [4.78, 5) is 10.6. The van der Waals surface area contributed by atoms with Gasteiger partial charge in [-0.25, -0.2) is 4.79 Å². The molecule has 18 heavy (non-hydrogen) atoms. The van der Waals surface area contributed by atoms with Gasteiger partial charge in [-0.3, -0.25) is 0 Å². The van der Waals surface area contributed by atoms with E-state index in [4.69, 9.17) is 5.11 Å². The van der Waals surface area contributed by atoms with Crippen molar-refractivity contribution in [1.29, 1.82) is 0 Å². The molecule has 0 heterocycles. The highest BCUT2D eigenvalue weighted by Gasteiger charge is 2.71. The van der Waals surface area contributed by atoms with Crippen LogP contribution in [0.1, 0.15) is 47.0 Å². The Balaban J connectivity index is 1.84. The molecule has 0 aliphatic heterocycles. The Kier molecular flexibility index (Phi) is 3.11. The van der Waals surface area contributed by atoms with Crippen molar-refractivity contribution in [2.45, 2.75) is 63.3 Å². The number of amides is 1. The van der Waals surface area contributed by atoms with Gasteiger partial charge in [0.15, 0.2) is 0 Å². The number of hydrogen-bond donors (Lipinski definition) is 3. The minimum atomic E-state index is -1.07. The molecule has 3 saturated carbocycles. The van der Waals surface area contributed by atoms with E-state index in [1.165, 1.54) is 0 Å². The van der Waals surface area contributed by atoms with Gasteiger partial charge in [0.05, 0.1) is 6.04 Å². The van der Waals surface area contributed by atoms with Crippen LogP contribution in [0.15, 0.2) is 0 Å². The summed E-state index contributed by atoms with van der Waals surface area (Å²) in [5, 5.41) is 11.3. The van der Waals surface area contributed by atoms with Gasteiger partial charge < -0.3 is 15.0 Å². The number of carboxylic acid groups (broad SMARTS) is 1. The average Bonchev–Trinajstić information content (AvgIpc) is 2.06. The van der Waals surface area contributed by atoms with Crippen molar-refractivity contribution in [1.82, 2.24) is 10.0 Å². The fourth-order valence-corrected chi connectivity index (χ4v) is 4.07. The van der Waals surface area contributed by atoms with Crippen molar-refractivity contribution in [3.63, 3.8) is 0 Å². The van der Waals surface area contributed by atoms with Gasteiger partial charge in [-0.15, -0.1) is 4.72 Å². The molecule has 0 radical (unpaired) electrons. The molecule has 104 valence electrons. The Bertz CT molecular complexity index is 347. The van der Waals surface area contributed by atoms with E-state index >= 15 is 0 Å². The largest absolute Gasteiger partial charge is 0.598 e. The van der Waals surface area contributed by atoms with Crippen LogP contribution in [0.5, 0.6) is 0 Å². The lowest BCUT2D eigenvalue weighted by Crippen LogP contribution is -2.79. The van der Waals surface area contributed by atoms with E-state index in [1.807, 2.05) is 27.7 Å². The topological polar surface area (TPSA) is 84.4 Å². The smallest absolute Gasteiger partial charge is 0.405 e. The maximum absolute atomic E-state index is 12.0. The van der Waals surface area contributed by atoms with Crippen LogP contribution in [-0.2, 0) is 11.4 Å². The third kappa shape index (κ3) is 2.21. The third-order valence-electron chi connectivity index (χ3n) is 4.20. The van der Waals surface area contributed by atoms with Crippen LogP contribution in [-0.4, -0.2) is 32.1 Å². The lowest BCUT2D eigenvalue weighted by molar-refractivity contribution is -0.163. The maximum atomic E-state index is 12.0. The Morgan fingerprint density at radius 1 is 1.39 bits per heavy atom. The second-order valence-electron chi connectivity index (χ2n) is 6.82. The van der Waals surface area contributed by atoms with Gasteiger partial charge in [0.1, 0.15) is 4.75 Å². The summed E-state index contributed by atoms with van der Waals surface area (Å²) in [7, 11) is 0. The van der Waals surface area contributed by atoms with Gasteiger partial charge in [0, 0.05) is 16.9 Å². The van der Waals surface area contributed by atoms with Gasteiger partial charge in [-0.05, 0) is 52.4 Å². The summed E-state index contributed by atoms with van der Waals surface area (Å²) in [6.45, 7) is 7.88. The average molecular weight is 274 g/mol. The van der Waals surface area contributed by atoms with E-state index in [1.54, 1.807) is 0 Å². The Morgan fingerprint density at radius 3 is 2.28 bits per heavy atom. The van der Waals surface area contributed by atoms with Gasteiger partial charge in [-0.2, -0.15) is 0 Å². The van der Waals surface area contributed by atoms with E-state index in [0.717, 1.165) is 19.3 Å². The zero-order chi connectivity index (χ0) is 13.8. The highest BCUT2D eigenvalue weighted by molar-refractivity contribution is 7.90. The second kappa shape index (κ2) is 4.02. The molecule has 3 aliphatic rings. The van der Waals surface area contributed by atoms with Crippen LogP contribution in [0.3, 0.4) is 0 Å². The molecule has 0 saturated heterocycles. The van der Waals surface area contributed by atoms with E-state index in [9.17, 15) is 9.35 Å². The van der Waals surface area contributed by atoms with Gasteiger partial charge in [0.2, 0.25) is 0 Å². The van der Waals surface area contributed by atoms with E-state index in [-0.39, 0.29) is 21.7 Å². The lowest BCUT2D eigenvalue weighted by atomic mass is 9.37. The molecule has 5 nitrogen and oxygen atoms in total. The summed E-state index contributed by atoms with van der Waals surface area (Å²) in [5.74, 6) is 0. The van der Waals surface area contributed by atoms with Crippen LogP contribution < -0.4 is 10.0 Å². The summed E-state index contributed by atoms with van der Waals surface area (Å²) in [6, 6.07) is 0.162. The first-order valence-electron chi connectivity index (χ1n) is 6.28. The molecule has 3 rings (SSSR count). The van der Waals surface area contributed by atoms with Crippen molar-refractivity contribution in [3.8, 4) is 0 Å². The molecular formula is C12H22N2O3S. The first-order chi connectivity index (χ1) is 8.09. The van der Waals surface area contributed by atoms with Crippen molar-refractivity contribution >= 4 is 17.5 Å². The molecule has 0 aromatic heterocycles. The zero-order valence-corrected chi connectivity index (χ0v) is 12.2. The normalized spacial score (nSPS) is 37.2. The highest BCUT2D eigenvalue weighted by atomic mass is 32.2. The van der Waals surface area contributed by atoms with E-state index in [0.29, 0.717) is 0 Å². The molecule has 3 fully saturated rings. The van der Waals surface area contributed by atoms with Gasteiger partial charge in [0.25, 0.3) is 0 Å². The van der Waals surface area contributed by atoms with Crippen molar-refractivity contribution in [2.75, 3.05) is 0 Å². The zero-order valence-electron chi connectivity index (χ0n) is 11.4. The van der Waals surface area contributed by atoms with Crippen LogP contribution in [0.25, 0.3) is 0 Å². The number of hydrogen-bond acceptors (Lipinski definition) is 3. The maximum Gasteiger partial charge on any atom is 0.405 e. The molecule has 2 bridgehead atoms. The van der Waals surface area contributed by atoms with Crippen molar-refractivity contribution < 1.29 is 14.5 Å². The van der Waals surface area contributed by atoms with E-state index < -0.39 is 17.5 Å². The summed E-state index contributed by atoms with van der Waals surface area (Å²) in [5.41, 5.74) is -0.0473. The number of nitrogens with one attached hydrogen (secondary N) is 2. The predicted octanol–water partition coefficient (Wildman–Crippen LogP) is 1.62. The Hall–Kier alpha value is -0.460. The van der Waals surface area contributed by atoms with Crippen molar-refractivity contribution in [3.05, 3.63) is 0 Å². The fraction of sp³-hybridized carbons (Fsp3) is 0.917. The first kappa shape index (κ1) is 14.0. The minimum absolute atomic E-state index is 0.142. The van der Waals surface area contributed by atoms with Crippen LogP contribution in [0.2, 0.25) is 0 Å². The summed E-state index contributed by atoms with van der Waals surface area (Å²) in [6.07, 6.45) is 1.65. The van der Waals surface area contributed by atoms with Crippen molar-refractivity contribution in [2.24, 2.45) is 5.41 Å². The monoisotopic (exact) mass is 274 g/mol. The molecule has 3 N–H and O–H groups in total. The number of carbonyl (C=O) groups is 1. The molecule has 0 unspecified atom stereocenters. The Morgan fingerprint density at radius 2 is 1.89 bits per heavy atom. The SMILES string of the molecule is C[C@H](N[S@@+]([O-])C(C)(C)C)C12CC(NC(=O)O)(C1)C2. The minimum Gasteiger partial charge on any atom is -0.598 e. The van der Waals surface area contributed by atoms with Crippen LogP contribution in [0, 0.1) is 5.41 Å².